The summed E-state index contributed by atoms with van der Waals surface area (Å²) in [5.74, 6) is 0. The molecule has 2 N–H and O–H groups in total. The van der Waals surface area contributed by atoms with Gasteiger partial charge in [-0.3, -0.25) is 4.98 Å². The molecule has 0 aromatic carbocycles. The quantitative estimate of drug-likeness (QED) is 0.784. The number of hydrogen-bond donors (Lipinski definition) is 1. The molecule has 0 fully saturated rings. The van der Waals surface area contributed by atoms with Crippen molar-refractivity contribution in [1.29, 1.82) is 0 Å². The van der Waals surface area contributed by atoms with Gasteiger partial charge in [-0.2, -0.15) is 0 Å². The minimum atomic E-state index is 0.0537. The van der Waals surface area contributed by atoms with Gasteiger partial charge in [0.05, 0.1) is 5.69 Å². The summed E-state index contributed by atoms with van der Waals surface area (Å²) in [4.78, 5) is 6.45. The third-order valence-corrected chi connectivity index (χ3v) is 2.20. The van der Waals surface area contributed by atoms with Crippen molar-refractivity contribution in [1.82, 2.24) is 9.88 Å². The third kappa shape index (κ3) is 3.44. The first kappa shape index (κ1) is 11.1. The number of nitrogens with zero attached hydrogens (tertiary/aromatic N) is 2. The van der Waals surface area contributed by atoms with E-state index in [-0.39, 0.29) is 6.04 Å². The Morgan fingerprint density at radius 3 is 2.64 bits per heavy atom. The Balaban J connectivity index is 2.52. The van der Waals surface area contributed by atoms with Crippen molar-refractivity contribution >= 4 is 0 Å². The fraction of sp³-hybridized carbons (Fsp3) is 0.545. The molecule has 0 bridgehead atoms. The summed E-state index contributed by atoms with van der Waals surface area (Å²) in [5, 5.41) is 0. The SMILES string of the molecule is Cc1ccc(C(N)CCN(C)C)nc1. The van der Waals surface area contributed by atoms with E-state index in [1.807, 2.05) is 19.2 Å². The van der Waals surface area contributed by atoms with Crippen LogP contribution in [-0.4, -0.2) is 30.5 Å². The van der Waals surface area contributed by atoms with Gasteiger partial charge in [0.25, 0.3) is 0 Å². The lowest BCUT2D eigenvalue weighted by Crippen LogP contribution is -2.20. The van der Waals surface area contributed by atoms with Crippen LogP contribution in [0.5, 0.6) is 0 Å². The van der Waals surface area contributed by atoms with Gasteiger partial charge in [0.15, 0.2) is 0 Å². The number of rotatable bonds is 4. The zero-order valence-electron chi connectivity index (χ0n) is 9.20. The third-order valence-electron chi connectivity index (χ3n) is 2.20. The molecule has 0 amide bonds. The molecule has 1 rings (SSSR count). The predicted molar refractivity (Wildman–Crippen MR) is 59.1 cm³/mol. The highest BCUT2D eigenvalue weighted by Gasteiger charge is 2.06. The highest BCUT2D eigenvalue weighted by molar-refractivity contribution is 5.14. The maximum atomic E-state index is 6.00. The minimum absolute atomic E-state index is 0.0537. The number of aromatic nitrogens is 1. The molecule has 78 valence electrons. The predicted octanol–water partition coefficient (Wildman–Crippen LogP) is 1.34. The molecule has 1 heterocycles. The number of hydrogen-bond acceptors (Lipinski definition) is 3. The Hall–Kier alpha value is -0.930. The van der Waals surface area contributed by atoms with Crippen LogP contribution in [-0.2, 0) is 0 Å². The summed E-state index contributed by atoms with van der Waals surface area (Å²) < 4.78 is 0. The fourth-order valence-electron chi connectivity index (χ4n) is 1.24. The van der Waals surface area contributed by atoms with E-state index in [0.29, 0.717) is 0 Å². The van der Waals surface area contributed by atoms with Crippen molar-refractivity contribution in [3.05, 3.63) is 29.6 Å². The highest BCUT2D eigenvalue weighted by Crippen LogP contribution is 2.11. The van der Waals surface area contributed by atoms with Crippen molar-refractivity contribution in [3.63, 3.8) is 0 Å². The largest absolute Gasteiger partial charge is 0.323 e. The normalized spacial score (nSPS) is 13.2. The van der Waals surface area contributed by atoms with E-state index in [0.717, 1.165) is 18.7 Å². The van der Waals surface area contributed by atoms with Gasteiger partial charge in [0.1, 0.15) is 0 Å². The maximum absolute atomic E-state index is 6.00. The molecule has 0 saturated carbocycles. The van der Waals surface area contributed by atoms with Crippen LogP contribution in [0.15, 0.2) is 18.3 Å². The average molecular weight is 193 g/mol. The van der Waals surface area contributed by atoms with E-state index in [1.54, 1.807) is 0 Å². The first-order valence-corrected chi connectivity index (χ1v) is 4.92. The Labute approximate surface area is 85.9 Å². The van der Waals surface area contributed by atoms with E-state index in [1.165, 1.54) is 5.56 Å². The Kier molecular flexibility index (Phi) is 4.04. The van der Waals surface area contributed by atoms with E-state index < -0.39 is 0 Å². The van der Waals surface area contributed by atoms with Gasteiger partial charge in [-0.1, -0.05) is 6.07 Å². The van der Waals surface area contributed by atoms with Crippen LogP contribution in [0, 0.1) is 6.92 Å². The van der Waals surface area contributed by atoms with Gasteiger partial charge in [0.2, 0.25) is 0 Å². The Morgan fingerprint density at radius 2 is 2.14 bits per heavy atom. The molecule has 14 heavy (non-hydrogen) atoms. The second kappa shape index (κ2) is 5.08. The monoisotopic (exact) mass is 193 g/mol. The van der Waals surface area contributed by atoms with Crippen LogP contribution in [0.4, 0.5) is 0 Å². The highest BCUT2D eigenvalue weighted by atomic mass is 15.0. The van der Waals surface area contributed by atoms with Crippen molar-refractivity contribution in [2.75, 3.05) is 20.6 Å². The van der Waals surface area contributed by atoms with Crippen LogP contribution in [0.2, 0.25) is 0 Å². The summed E-state index contributed by atoms with van der Waals surface area (Å²) >= 11 is 0. The average Bonchev–Trinajstić information content (AvgIpc) is 2.15. The molecule has 1 unspecified atom stereocenters. The molecule has 0 radical (unpaired) electrons. The molecule has 0 spiro atoms. The summed E-state index contributed by atoms with van der Waals surface area (Å²) in [6, 6.07) is 4.12. The Bertz CT molecular complexity index is 266. The van der Waals surface area contributed by atoms with Crippen molar-refractivity contribution in [3.8, 4) is 0 Å². The maximum Gasteiger partial charge on any atom is 0.0571 e. The standard InChI is InChI=1S/C11H19N3/c1-9-4-5-11(13-8-9)10(12)6-7-14(2)3/h4-5,8,10H,6-7,12H2,1-3H3. The van der Waals surface area contributed by atoms with E-state index in [2.05, 4.69) is 30.0 Å². The molecule has 0 aliphatic carbocycles. The summed E-state index contributed by atoms with van der Waals surface area (Å²) in [5.41, 5.74) is 8.16. The summed E-state index contributed by atoms with van der Waals surface area (Å²) in [6.07, 6.45) is 2.81. The molecule has 0 aliphatic rings. The molecule has 1 aromatic rings. The molecular formula is C11H19N3. The van der Waals surface area contributed by atoms with Gasteiger partial charge in [-0.15, -0.1) is 0 Å². The molecular weight excluding hydrogens is 174 g/mol. The molecule has 0 aliphatic heterocycles. The lowest BCUT2D eigenvalue weighted by molar-refractivity contribution is 0.381. The second-order valence-corrected chi connectivity index (χ2v) is 3.96. The van der Waals surface area contributed by atoms with Crippen LogP contribution < -0.4 is 5.73 Å². The number of pyridine rings is 1. The minimum Gasteiger partial charge on any atom is -0.323 e. The van der Waals surface area contributed by atoms with Crippen LogP contribution >= 0.6 is 0 Å². The summed E-state index contributed by atoms with van der Waals surface area (Å²) in [6.45, 7) is 3.03. The van der Waals surface area contributed by atoms with E-state index in [4.69, 9.17) is 5.73 Å². The van der Waals surface area contributed by atoms with Gasteiger partial charge < -0.3 is 10.6 Å². The van der Waals surface area contributed by atoms with E-state index >= 15 is 0 Å². The van der Waals surface area contributed by atoms with E-state index in [9.17, 15) is 0 Å². The van der Waals surface area contributed by atoms with Gasteiger partial charge in [-0.25, -0.2) is 0 Å². The zero-order valence-corrected chi connectivity index (χ0v) is 9.20. The first-order chi connectivity index (χ1) is 6.59. The lowest BCUT2D eigenvalue weighted by atomic mass is 10.1. The van der Waals surface area contributed by atoms with Crippen molar-refractivity contribution in [2.24, 2.45) is 5.73 Å². The van der Waals surface area contributed by atoms with Crippen molar-refractivity contribution < 1.29 is 0 Å². The molecule has 3 heteroatoms. The van der Waals surface area contributed by atoms with Gasteiger partial charge >= 0.3 is 0 Å². The number of nitrogens with two attached hydrogens (primary N) is 1. The second-order valence-electron chi connectivity index (χ2n) is 3.96. The zero-order chi connectivity index (χ0) is 10.6. The summed E-state index contributed by atoms with van der Waals surface area (Å²) in [7, 11) is 4.10. The van der Waals surface area contributed by atoms with Crippen LogP contribution in [0.25, 0.3) is 0 Å². The lowest BCUT2D eigenvalue weighted by Gasteiger charge is -2.14. The number of aryl methyl sites for hydroxylation is 1. The molecule has 3 nitrogen and oxygen atoms in total. The molecule has 1 atom stereocenters. The van der Waals surface area contributed by atoms with Crippen LogP contribution in [0.1, 0.15) is 23.7 Å². The van der Waals surface area contributed by atoms with Crippen molar-refractivity contribution in [2.45, 2.75) is 19.4 Å². The topological polar surface area (TPSA) is 42.1 Å². The Morgan fingerprint density at radius 1 is 1.43 bits per heavy atom. The molecule has 1 aromatic heterocycles. The van der Waals surface area contributed by atoms with Gasteiger partial charge in [-0.05, 0) is 45.6 Å². The fourth-order valence-corrected chi connectivity index (χ4v) is 1.24. The molecule has 0 saturated heterocycles. The van der Waals surface area contributed by atoms with Crippen LogP contribution in [0.3, 0.4) is 0 Å². The van der Waals surface area contributed by atoms with Gasteiger partial charge in [0, 0.05) is 12.2 Å². The smallest absolute Gasteiger partial charge is 0.0571 e. The first-order valence-electron chi connectivity index (χ1n) is 4.92.